The Bertz CT molecular complexity index is 1010. The van der Waals surface area contributed by atoms with Crippen molar-refractivity contribution in [2.75, 3.05) is 5.43 Å². The fraction of sp³-hybridized carbons (Fsp3) is 0.0556. The number of para-hydroxylation sites is 1. The summed E-state index contributed by atoms with van der Waals surface area (Å²) in [6.45, 7) is 1.72. The van der Waals surface area contributed by atoms with Crippen LogP contribution in [0, 0.1) is 17.0 Å². The predicted molar refractivity (Wildman–Crippen MR) is 101 cm³/mol. The smallest absolute Gasteiger partial charge is 0.297 e. The van der Waals surface area contributed by atoms with Crippen molar-refractivity contribution in [1.29, 1.82) is 0 Å². The Hall–Kier alpha value is -4.21. The standard InChI is InChI=1S/C18H16N6O4/c1-12-16(11-19-23(12)14-5-3-2-4-6-14)17(25)20-18(26)22-21-13-7-9-15(10-8-13)24(27)28/h2-11,21H,1H3,(H2,20,22,25,26). The molecule has 0 radical (unpaired) electrons. The van der Waals surface area contributed by atoms with Crippen LogP contribution in [0.25, 0.3) is 5.69 Å². The van der Waals surface area contributed by atoms with Crippen molar-refractivity contribution in [3.63, 3.8) is 0 Å². The van der Waals surface area contributed by atoms with Gasteiger partial charge in [-0.1, -0.05) is 18.2 Å². The number of nitrogens with zero attached hydrogens (tertiary/aromatic N) is 3. The number of hydrogen-bond acceptors (Lipinski definition) is 6. The first-order valence-corrected chi connectivity index (χ1v) is 8.17. The van der Waals surface area contributed by atoms with E-state index in [0.717, 1.165) is 5.69 Å². The molecule has 0 spiro atoms. The molecular weight excluding hydrogens is 364 g/mol. The van der Waals surface area contributed by atoms with Crippen molar-refractivity contribution in [3.8, 4) is 5.69 Å². The highest BCUT2D eigenvalue weighted by Crippen LogP contribution is 2.15. The Labute approximate surface area is 159 Å². The van der Waals surface area contributed by atoms with Crippen LogP contribution in [0.4, 0.5) is 16.2 Å². The highest BCUT2D eigenvalue weighted by molar-refractivity contribution is 6.04. The lowest BCUT2D eigenvalue weighted by atomic mass is 10.2. The van der Waals surface area contributed by atoms with Gasteiger partial charge in [-0.3, -0.25) is 31.1 Å². The molecule has 3 rings (SSSR count). The number of anilines is 1. The molecule has 0 unspecified atom stereocenters. The van der Waals surface area contributed by atoms with Gasteiger partial charge in [-0.25, -0.2) is 9.48 Å². The molecule has 10 heteroatoms. The first-order chi connectivity index (χ1) is 13.5. The normalized spacial score (nSPS) is 10.2. The zero-order valence-corrected chi connectivity index (χ0v) is 14.7. The van der Waals surface area contributed by atoms with Crippen LogP contribution in [0.2, 0.25) is 0 Å². The molecule has 0 saturated heterocycles. The first kappa shape index (κ1) is 18.6. The summed E-state index contributed by atoms with van der Waals surface area (Å²) >= 11 is 0. The van der Waals surface area contributed by atoms with Crippen molar-refractivity contribution in [1.82, 2.24) is 20.5 Å². The van der Waals surface area contributed by atoms with Crippen molar-refractivity contribution in [2.45, 2.75) is 6.92 Å². The number of imide groups is 1. The number of benzene rings is 2. The number of nitro groups is 1. The summed E-state index contributed by atoms with van der Waals surface area (Å²) in [7, 11) is 0. The third-order valence-electron chi connectivity index (χ3n) is 3.88. The van der Waals surface area contributed by atoms with Gasteiger partial charge in [0.25, 0.3) is 11.6 Å². The molecule has 2 aromatic carbocycles. The van der Waals surface area contributed by atoms with Crippen LogP contribution in [0.15, 0.2) is 60.8 Å². The Morgan fingerprint density at radius 1 is 1.07 bits per heavy atom. The minimum atomic E-state index is -0.782. The Balaban J connectivity index is 1.59. The Morgan fingerprint density at radius 2 is 1.75 bits per heavy atom. The van der Waals surface area contributed by atoms with Gasteiger partial charge in [-0.15, -0.1) is 0 Å². The molecule has 1 heterocycles. The van der Waals surface area contributed by atoms with Crippen LogP contribution in [0.3, 0.4) is 0 Å². The molecule has 3 aromatic rings. The van der Waals surface area contributed by atoms with E-state index in [1.54, 1.807) is 11.6 Å². The third kappa shape index (κ3) is 4.12. The molecule has 0 aliphatic heterocycles. The first-order valence-electron chi connectivity index (χ1n) is 8.17. The quantitative estimate of drug-likeness (QED) is 0.460. The molecule has 28 heavy (non-hydrogen) atoms. The monoisotopic (exact) mass is 380 g/mol. The molecule has 0 atom stereocenters. The molecular formula is C18H16N6O4. The van der Waals surface area contributed by atoms with E-state index in [2.05, 4.69) is 21.3 Å². The number of amides is 3. The van der Waals surface area contributed by atoms with Crippen molar-refractivity contribution >= 4 is 23.3 Å². The largest absolute Gasteiger partial charge is 0.340 e. The number of hydrazine groups is 1. The summed E-state index contributed by atoms with van der Waals surface area (Å²) in [6, 6.07) is 13.9. The highest BCUT2D eigenvalue weighted by Gasteiger charge is 2.17. The SMILES string of the molecule is Cc1c(C(=O)NC(=O)NNc2ccc([N+](=O)[O-])cc2)cnn1-c1ccccc1. The van der Waals surface area contributed by atoms with Crippen molar-refractivity contribution < 1.29 is 14.5 Å². The van der Waals surface area contributed by atoms with Gasteiger partial charge in [0.15, 0.2) is 0 Å². The number of aromatic nitrogens is 2. The van der Waals surface area contributed by atoms with E-state index in [1.165, 1.54) is 30.5 Å². The number of carbonyl (C=O) groups excluding carboxylic acids is 2. The maximum atomic E-state index is 12.3. The molecule has 0 aliphatic carbocycles. The van der Waals surface area contributed by atoms with Gasteiger partial charge < -0.3 is 0 Å². The van der Waals surface area contributed by atoms with Gasteiger partial charge >= 0.3 is 6.03 Å². The third-order valence-corrected chi connectivity index (χ3v) is 3.88. The second-order valence-corrected chi connectivity index (χ2v) is 5.73. The van der Waals surface area contributed by atoms with E-state index in [0.29, 0.717) is 11.4 Å². The van der Waals surface area contributed by atoms with E-state index in [4.69, 9.17) is 0 Å². The fourth-order valence-corrected chi connectivity index (χ4v) is 2.46. The lowest BCUT2D eigenvalue weighted by molar-refractivity contribution is -0.384. The van der Waals surface area contributed by atoms with Gasteiger partial charge in [-0.2, -0.15) is 5.10 Å². The van der Waals surface area contributed by atoms with Crippen LogP contribution >= 0.6 is 0 Å². The average molecular weight is 380 g/mol. The highest BCUT2D eigenvalue weighted by atomic mass is 16.6. The average Bonchev–Trinajstić information content (AvgIpc) is 3.09. The van der Waals surface area contributed by atoms with Gasteiger partial charge in [0, 0.05) is 12.1 Å². The number of rotatable bonds is 5. The zero-order chi connectivity index (χ0) is 20.1. The zero-order valence-electron chi connectivity index (χ0n) is 14.7. The fourth-order valence-electron chi connectivity index (χ4n) is 2.46. The number of nitro benzene ring substituents is 1. The molecule has 0 saturated carbocycles. The van der Waals surface area contributed by atoms with Gasteiger partial charge in [0.1, 0.15) is 0 Å². The second-order valence-electron chi connectivity index (χ2n) is 5.73. The van der Waals surface area contributed by atoms with Crippen molar-refractivity contribution in [3.05, 3.63) is 82.2 Å². The van der Waals surface area contributed by atoms with E-state index < -0.39 is 16.9 Å². The van der Waals surface area contributed by atoms with Crippen LogP contribution in [-0.2, 0) is 0 Å². The lowest BCUT2D eigenvalue weighted by Crippen LogP contribution is -2.42. The summed E-state index contributed by atoms with van der Waals surface area (Å²) in [5.41, 5.74) is 6.83. The van der Waals surface area contributed by atoms with Crippen LogP contribution < -0.4 is 16.2 Å². The summed E-state index contributed by atoms with van der Waals surface area (Å²) in [5, 5.41) is 17.0. The van der Waals surface area contributed by atoms with Crippen molar-refractivity contribution in [2.24, 2.45) is 0 Å². The minimum Gasteiger partial charge on any atom is -0.297 e. The number of carbonyl (C=O) groups is 2. The number of hydrogen-bond donors (Lipinski definition) is 3. The molecule has 0 bridgehead atoms. The minimum absolute atomic E-state index is 0.0731. The molecule has 3 N–H and O–H groups in total. The molecule has 142 valence electrons. The molecule has 1 aromatic heterocycles. The van der Waals surface area contributed by atoms with E-state index in [-0.39, 0.29) is 11.3 Å². The summed E-state index contributed by atoms with van der Waals surface area (Å²) in [5.74, 6) is -0.609. The van der Waals surface area contributed by atoms with Crippen LogP contribution in [0.5, 0.6) is 0 Å². The summed E-state index contributed by atoms with van der Waals surface area (Å²) in [4.78, 5) is 34.3. The number of non-ortho nitro benzene ring substituents is 1. The predicted octanol–water partition coefficient (Wildman–Crippen LogP) is 2.56. The van der Waals surface area contributed by atoms with Crippen LogP contribution in [0.1, 0.15) is 16.1 Å². The topological polar surface area (TPSA) is 131 Å². The molecule has 3 amide bonds. The summed E-state index contributed by atoms with van der Waals surface area (Å²) in [6.07, 6.45) is 1.38. The number of urea groups is 1. The van der Waals surface area contributed by atoms with Crippen LogP contribution in [-0.4, -0.2) is 26.6 Å². The van der Waals surface area contributed by atoms with Gasteiger partial charge in [-0.05, 0) is 31.2 Å². The summed E-state index contributed by atoms with van der Waals surface area (Å²) < 4.78 is 1.60. The maximum Gasteiger partial charge on any atom is 0.340 e. The molecule has 0 fully saturated rings. The second kappa shape index (κ2) is 7.99. The lowest BCUT2D eigenvalue weighted by Gasteiger charge is -2.09. The Kier molecular flexibility index (Phi) is 5.30. The van der Waals surface area contributed by atoms with Gasteiger partial charge in [0.05, 0.1) is 33.8 Å². The molecule has 10 nitrogen and oxygen atoms in total. The van der Waals surface area contributed by atoms with E-state index in [1.807, 2.05) is 30.3 Å². The van der Waals surface area contributed by atoms with Gasteiger partial charge in [0.2, 0.25) is 0 Å². The maximum absolute atomic E-state index is 12.3. The molecule has 0 aliphatic rings. The Morgan fingerprint density at radius 3 is 2.39 bits per heavy atom. The van der Waals surface area contributed by atoms with E-state index >= 15 is 0 Å². The number of nitrogens with one attached hydrogen (secondary N) is 3. The van der Waals surface area contributed by atoms with E-state index in [9.17, 15) is 19.7 Å².